The fraction of sp³-hybridized carbons (Fsp3) is 0.333. The number of nitrogens with zero attached hydrogens (tertiary/aromatic N) is 1. The summed E-state index contributed by atoms with van der Waals surface area (Å²) in [6.07, 6.45) is 1.66. The zero-order valence-electron chi connectivity index (χ0n) is 11.7. The van der Waals surface area contributed by atoms with Gasteiger partial charge < -0.3 is 15.0 Å². The predicted molar refractivity (Wildman–Crippen MR) is 82.3 cm³/mol. The third kappa shape index (κ3) is 3.45. The molecule has 22 heavy (non-hydrogen) atoms. The molecule has 0 amide bonds. The van der Waals surface area contributed by atoms with E-state index in [1.807, 2.05) is 0 Å². The van der Waals surface area contributed by atoms with Crippen molar-refractivity contribution in [2.24, 2.45) is 0 Å². The van der Waals surface area contributed by atoms with Gasteiger partial charge in [0.25, 0.3) is 5.56 Å². The molecule has 0 atom stereocenters. The molecule has 2 N–H and O–H groups in total. The lowest BCUT2D eigenvalue weighted by atomic mass is 9.99. The van der Waals surface area contributed by atoms with Crippen molar-refractivity contribution in [2.45, 2.75) is 18.8 Å². The van der Waals surface area contributed by atoms with Crippen LogP contribution in [0.3, 0.4) is 0 Å². The van der Waals surface area contributed by atoms with E-state index in [0.29, 0.717) is 30.5 Å². The van der Waals surface area contributed by atoms with Crippen LogP contribution in [0.25, 0.3) is 0 Å². The number of aromatic nitrogens is 2. The van der Waals surface area contributed by atoms with E-state index >= 15 is 0 Å². The van der Waals surface area contributed by atoms with Gasteiger partial charge >= 0.3 is 0 Å². The quantitative estimate of drug-likeness (QED) is 0.910. The van der Waals surface area contributed by atoms with Gasteiger partial charge in [0.2, 0.25) is 0 Å². The fourth-order valence-electron chi connectivity index (χ4n) is 2.43. The lowest BCUT2D eigenvalue weighted by Crippen LogP contribution is -2.20. The number of halogens is 2. The zero-order valence-corrected chi connectivity index (χ0v) is 12.5. The molecular formula is C15H15ClFN3O2. The summed E-state index contributed by atoms with van der Waals surface area (Å²) in [5, 5.41) is 2.99. The Labute approximate surface area is 131 Å². The summed E-state index contributed by atoms with van der Waals surface area (Å²) in [5.74, 6) is 0.744. The standard InChI is InChI=1S/C15H15ClFN3O2/c16-11-7-10(1-2-12(11)17)18-13-8-14(21)20-15(19-13)9-3-5-22-6-4-9/h1-2,7-9H,3-6H2,(H2,18,19,20,21). The summed E-state index contributed by atoms with van der Waals surface area (Å²) in [4.78, 5) is 19.0. The van der Waals surface area contributed by atoms with Crippen LogP contribution in [0.15, 0.2) is 29.1 Å². The molecule has 0 radical (unpaired) electrons. The van der Waals surface area contributed by atoms with Gasteiger partial charge in [-0.1, -0.05) is 11.6 Å². The van der Waals surface area contributed by atoms with Crippen LogP contribution in [0.1, 0.15) is 24.6 Å². The minimum atomic E-state index is -0.492. The normalized spacial score (nSPS) is 15.7. The average molecular weight is 324 g/mol. The molecule has 1 saturated heterocycles. The maximum Gasteiger partial charge on any atom is 0.252 e. The summed E-state index contributed by atoms with van der Waals surface area (Å²) >= 11 is 5.75. The van der Waals surface area contributed by atoms with Gasteiger partial charge in [-0.2, -0.15) is 0 Å². The number of ether oxygens (including phenoxy) is 1. The molecule has 5 nitrogen and oxygen atoms in total. The van der Waals surface area contributed by atoms with Gasteiger partial charge in [0.1, 0.15) is 17.5 Å². The topological polar surface area (TPSA) is 67.0 Å². The molecule has 0 spiro atoms. The second kappa shape index (κ2) is 6.46. The lowest BCUT2D eigenvalue weighted by molar-refractivity contribution is 0.0835. The van der Waals surface area contributed by atoms with Crippen molar-refractivity contribution in [1.82, 2.24) is 9.97 Å². The molecule has 116 valence electrons. The molecule has 2 heterocycles. The monoisotopic (exact) mass is 323 g/mol. The van der Waals surface area contributed by atoms with Crippen LogP contribution in [0, 0.1) is 5.82 Å². The Balaban J connectivity index is 1.85. The smallest absolute Gasteiger partial charge is 0.252 e. The molecule has 7 heteroatoms. The number of benzene rings is 1. The minimum Gasteiger partial charge on any atom is -0.381 e. The molecule has 1 aliphatic rings. The van der Waals surface area contributed by atoms with Crippen molar-refractivity contribution < 1.29 is 9.13 Å². The van der Waals surface area contributed by atoms with Crippen molar-refractivity contribution in [3.63, 3.8) is 0 Å². The van der Waals surface area contributed by atoms with E-state index in [4.69, 9.17) is 16.3 Å². The van der Waals surface area contributed by atoms with E-state index in [0.717, 1.165) is 12.8 Å². The Kier molecular flexibility index (Phi) is 4.40. The third-order valence-electron chi connectivity index (χ3n) is 3.56. The summed E-state index contributed by atoms with van der Waals surface area (Å²) in [6, 6.07) is 5.61. The Hall–Kier alpha value is -1.92. The molecule has 1 aliphatic heterocycles. The minimum absolute atomic E-state index is 0.0134. The number of hydrogen-bond acceptors (Lipinski definition) is 4. The summed E-state index contributed by atoms with van der Waals surface area (Å²) in [6.45, 7) is 1.33. The first-order valence-electron chi connectivity index (χ1n) is 7.03. The van der Waals surface area contributed by atoms with Crippen molar-refractivity contribution in [3.05, 3.63) is 51.3 Å². The average Bonchev–Trinajstić information content (AvgIpc) is 2.51. The maximum absolute atomic E-state index is 13.2. The van der Waals surface area contributed by atoms with Crippen molar-refractivity contribution in [2.75, 3.05) is 18.5 Å². The van der Waals surface area contributed by atoms with E-state index in [9.17, 15) is 9.18 Å². The first-order valence-corrected chi connectivity index (χ1v) is 7.41. The van der Waals surface area contributed by atoms with Crippen LogP contribution in [0.4, 0.5) is 15.9 Å². The van der Waals surface area contributed by atoms with Crippen LogP contribution < -0.4 is 10.9 Å². The number of H-pyrrole nitrogens is 1. The molecule has 0 bridgehead atoms. The second-order valence-electron chi connectivity index (χ2n) is 5.16. The fourth-order valence-corrected chi connectivity index (χ4v) is 2.61. The molecule has 1 aromatic heterocycles. The van der Waals surface area contributed by atoms with Crippen LogP contribution in [0.2, 0.25) is 5.02 Å². The number of nitrogens with one attached hydrogen (secondary N) is 2. The number of anilines is 2. The Morgan fingerprint density at radius 1 is 1.32 bits per heavy atom. The van der Waals surface area contributed by atoms with E-state index in [1.54, 1.807) is 0 Å². The second-order valence-corrected chi connectivity index (χ2v) is 5.56. The number of aromatic amines is 1. The van der Waals surface area contributed by atoms with Crippen LogP contribution in [-0.4, -0.2) is 23.2 Å². The SMILES string of the molecule is O=c1cc(Nc2ccc(F)c(Cl)c2)nc(C2CCOCC2)[nH]1. The molecular weight excluding hydrogens is 309 g/mol. The molecule has 3 rings (SSSR count). The molecule has 1 aromatic carbocycles. The predicted octanol–water partition coefficient (Wildman–Crippen LogP) is 3.20. The van der Waals surface area contributed by atoms with Gasteiger partial charge in [-0.05, 0) is 31.0 Å². The van der Waals surface area contributed by atoms with Crippen molar-refractivity contribution >= 4 is 23.1 Å². The summed E-state index contributed by atoms with van der Waals surface area (Å²) < 4.78 is 18.5. The van der Waals surface area contributed by atoms with E-state index in [-0.39, 0.29) is 16.5 Å². The van der Waals surface area contributed by atoms with Gasteiger partial charge in [0.05, 0.1) is 5.02 Å². The van der Waals surface area contributed by atoms with E-state index in [1.165, 1.54) is 24.3 Å². The summed E-state index contributed by atoms with van der Waals surface area (Å²) in [7, 11) is 0. The largest absolute Gasteiger partial charge is 0.381 e. The highest BCUT2D eigenvalue weighted by molar-refractivity contribution is 6.31. The number of rotatable bonds is 3. The van der Waals surface area contributed by atoms with Crippen LogP contribution in [-0.2, 0) is 4.74 Å². The van der Waals surface area contributed by atoms with Gasteiger partial charge in [0.15, 0.2) is 0 Å². The highest BCUT2D eigenvalue weighted by Gasteiger charge is 2.18. The van der Waals surface area contributed by atoms with Crippen LogP contribution in [0.5, 0.6) is 0 Å². The highest BCUT2D eigenvalue weighted by Crippen LogP contribution is 2.25. The molecule has 2 aromatic rings. The maximum atomic E-state index is 13.2. The lowest BCUT2D eigenvalue weighted by Gasteiger charge is -2.21. The number of hydrogen-bond donors (Lipinski definition) is 2. The first kappa shape index (κ1) is 15.0. The molecule has 0 aliphatic carbocycles. The van der Waals surface area contributed by atoms with Gasteiger partial charge in [-0.15, -0.1) is 0 Å². The zero-order chi connectivity index (χ0) is 15.5. The van der Waals surface area contributed by atoms with E-state index < -0.39 is 5.82 Å². The van der Waals surface area contributed by atoms with Gasteiger partial charge in [0, 0.05) is 30.9 Å². The molecule has 1 fully saturated rings. The first-order chi connectivity index (χ1) is 10.6. The third-order valence-corrected chi connectivity index (χ3v) is 3.85. The van der Waals surface area contributed by atoms with Crippen LogP contribution >= 0.6 is 11.6 Å². The highest BCUT2D eigenvalue weighted by atomic mass is 35.5. The molecule has 0 saturated carbocycles. The van der Waals surface area contributed by atoms with Crippen molar-refractivity contribution in [3.8, 4) is 0 Å². The Morgan fingerprint density at radius 2 is 2.09 bits per heavy atom. The Bertz CT molecular complexity index is 729. The van der Waals surface area contributed by atoms with Gasteiger partial charge in [-0.25, -0.2) is 9.37 Å². The molecule has 0 unspecified atom stereocenters. The van der Waals surface area contributed by atoms with E-state index in [2.05, 4.69) is 15.3 Å². The summed E-state index contributed by atoms with van der Waals surface area (Å²) in [5.41, 5.74) is 0.342. The van der Waals surface area contributed by atoms with Gasteiger partial charge in [-0.3, -0.25) is 4.79 Å². The Morgan fingerprint density at radius 3 is 2.82 bits per heavy atom. The van der Waals surface area contributed by atoms with Crippen molar-refractivity contribution in [1.29, 1.82) is 0 Å².